The van der Waals surface area contributed by atoms with E-state index in [1.54, 1.807) is 19.3 Å². The van der Waals surface area contributed by atoms with Gasteiger partial charge in [0.25, 0.3) is 0 Å². The summed E-state index contributed by atoms with van der Waals surface area (Å²) in [6.45, 7) is 0. The van der Waals surface area contributed by atoms with Crippen LogP contribution < -0.4 is 0 Å². The van der Waals surface area contributed by atoms with Crippen molar-refractivity contribution in [3.05, 3.63) is 161 Å². The van der Waals surface area contributed by atoms with Crippen molar-refractivity contribution in [3.8, 4) is 11.3 Å². The third-order valence-corrected chi connectivity index (χ3v) is 9.42. The van der Waals surface area contributed by atoms with E-state index in [4.69, 9.17) is 18.6 Å². The van der Waals surface area contributed by atoms with Gasteiger partial charge in [-0.1, -0.05) is 127 Å². The predicted molar refractivity (Wildman–Crippen MR) is 197 cm³/mol. The number of fused-ring (bicyclic) bond motifs is 1. The van der Waals surface area contributed by atoms with Gasteiger partial charge in [0, 0.05) is 43.1 Å². The quantitative estimate of drug-likeness (QED) is 0.0738. The van der Waals surface area contributed by atoms with Crippen molar-refractivity contribution in [2.45, 2.75) is 31.8 Å². The van der Waals surface area contributed by atoms with Gasteiger partial charge in [0.2, 0.25) is 0 Å². The van der Waals surface area contributed by atoms with Gasteiger partial charge in [-0.25, -0.2) is 0 Å². The smallest absolute Gasteiger partial charge is 0.324 e. The molecule has 0 unspecified atom stereocenters. The molecule has 0 fully saturated rings. The van der Waals surface area contributed by atoms with Crippen LogP contribution in [0.3, 0.4) is 0 Å². The Bertz CT molecular complexity index is 2030. The highest BCUT2D eigenvalue weighted by atomic mass is 16.5. The Hall–Kier alpha value is -5.79. The summed E-state index contributed by atoms with van der Waals surface area (Å²) in [5.74, 6) is -0.515. The lowest BCUT2D eigenvalue weighted by atomic mass is 9.68. The highest BCUT2D eigenvalue weighted by Crippen LogP contribution is 2.53. The minimum absolute atomic E-state index is 0.0381. The van der Waals surface area contributed by atoms with Crippen molar-refractivity contribution in [2.75, 3.05) is 21.3 Å². The Morgan fingerprint density at radius 2 is 1.29 bits per heavy atom. The number of hydrogen-bond donors (Lipinski definition) is 0. The van der Waals surface area contributed by atoms with E-state index in [1.165, 1.54) is 14.2 Å². The zero-order valence-electron chi connectivity index (χ0n) is 29.0. The van der Waals surface area contributed by atoms with E-state index in [0.29, 0.717) is 23.5 Å². The minimum atomic E-state index is -1.73. The SMILES string of the molecule is COC(=O)C1(C(=O)OC)C/C(=C(/CCC(=O)/C=C\c2ccccc2)c2ccccc2)c2c(oc(-c3ccccc3)c2[C@H](OC)c2ccccc2)C1. The Morgan fingerprint density at radius 3 is 1.88 bits per heavy atom. The van der Waals surface area contributed by atoms with Crippen LogP contribution >= 0.6 is 0 Å². The molecule has 7 nitrogen and oxygen atoms in total. The number of furan rings is 1. The number of methoxy groups -OCH3 is 3. The number of ketones is 1. The number of hydrogen-bond acceptors (Lipinski definition) is 7. The summed E-state index contributed by atoms with van der Waals surface area (Å²) < 4.78 is 23.7. The molecule has 4 aromatic carbocycles. The number of carbonyl (C=O) groups is 3. The predicted octanol–water partition coefficient (Wildman–Crippen LogP) is 8.93. The fourth-order valence-electron chi connectivity index (χ4n) is 6.99. The summed E-state index contributed by atoms with van der Waals surface area (Å²) in [5, 5.41) is 0. The zero-order chi connectivity index (χ0) is 35.8. The molecule has 0 amide bonds. The number of rotatable bonds is 12. The van der Waals surface area contributed by atoms with Gasteiger partial charge in [0.15, 0.2) is 11.2 Å². The third kappa shape index (κ3) is 7.25. The van der Waals surface area contributed by atoms with Crippen LogP contribution in [-0.2, 0) is 35.0 Å². The van der Waals surface area contributed by atoms with E-state index in [1.807, 2.05) is 121 Å². The number of ether oxygens (including phenoxy) is 3. The topological polar surface area (TPSA) is 92.0 Å². The van der Waals surface area contributed by atoms with E-state index in [9.17, 15) is 14.4 Å². The molecule has 0 aliphatic heterocycles. The molecular formula is C44H40O7. The number of benzene rings is 4. The van der Waals surface area contributed by atoms with Crippen molar-refractivity contribution in [2.24, 2.45) is 5.41 Å². The van der Waals surface area contributed by atoms with Gasteiger partial charge in [0.05, 0.1) is 14.2 Å². The Morgan fingerprint density at radius 1 is 0.725 bits per heavy atom. The Labute approximate surface area is 298 Å². The number of esters is 2. The molecule has 1 heterocycles. The maximum Gasteiger partial charge on any atom is 0.324 e. The molecule has 0 bridgehead atoms. The van der Waals surface area contributed by atoms with E-state index in [2.05, 4.69) is 0 Å². The standard InChI is InChI=1S/C44H40O7/c1-48-40(32-20-12-6-13-21-32)39-38-36(35(31-18-10-5-11-19-31)27-26-34(45)25-24-30-16-8-4-9-17-30)28-44(42(46)49-2,43(47)50-3)29-37(38)51-41(39)33-22-14-7-15-23-33/h4-25,40H,26-29H2,1-3H3/b25-24-,36-35+/t40-/m1/s1. The highest BCUT2D eigenvalue weighted by Gasteiger charge is 2.54. The average Bonchev–Trinajstić information content (AvgIpc) is 3.57. The molecule has 51 heavy (non-hydrogen) atoms. The van der Waals surface area contributed by atoms with Gasteiger partial charge in [-0.3, -0.25) is 14.4 Å². The summed E-state index contributed by atoms with van der Waals surface area (Å²) >= 11 is 0. The van der Waals surface area contributed by atoms with Crippen molar-refractivity contribution in [1.82, 2.24) is 0 Å². The summed E-state index contributed by atoms with van der Waals surface area (Å²) in [6, 6.07) is 38.9. The van der Waals surface area contributed by atoms with Crippen molar-refractivity contribution in [3.63, 3.8) is 0 Å². The molecule has 0 spiro atoms. The van der Waals surface area contributed by atoms with Crippen LogP contribution in [-0.4, -0.2) is 39.1 Å². The molecule has 1 aromatic heterocycles. The maximum atomic E-state index is 13.8. The van der Waals surface area contributed by atoms with Crippen LogP contribution in [0.15, 0.2) is 132 Å². The molecule has 258 valence electrons. The van der Waals surface area contributed by atoms with E-state index in [-0.39, 0.29) is 25.0 Å². The van der Waals surface area contributed by atoms with E-state index in [0.717, 1.165) is 39.0 Å². The fraction of sp³-hybridized carbons (Fsp3) is 0.205. The first-order valence-corrected chi connectivity index (χ1v) is 16.9. The average molecular weight is 681 g/mol. The van der Waals surface area contributed by atoms with Gasteiger partial charge in [-0.05, 0) is 40.3 Å². The van der Waals surface area contributed by atoms with Crippen LogP contribution in [0.25, 0.3) is 28.5 Å². The molecule has 6 rings (SSSR count). The first kappa shape index (κ1) is 35.1. The monoisotopic (exact) mass is 680 g/mol. The first-order chi connectivity index (χ1) is 24.9. The van der Waals surface area contributed by atoms with Gasteiger partial charge < -0.3 is 18.6 Å². The molecule has 1 aliphatic rings. The van der Waals surface area contributed by atoms with Crippen LogP contribution in [0, 0.1) is 5.41 Å². The fourth-order valence-corrected chi connectivity index (χ4v) is 6.99. The molecule has 7 heteroatoms. The minimum Gasteiger partial charge on any atom is -0.468 e. The molecule has 0 radical (unpaired) electrons. The molecule has 0 saturated heterocycles. The summed E-state index contributed by atoms with van der Waals surface area (Å²) in [4.78, 5) is 41.0. The van der Waals surface area contributed by atoms with E-state index >= 15 is 0 Å². The van der Waals surface area contributed by atoms with Gasteiger partial charge in [-0.2, -0.15) is 0 Å². The second kappa shape index (κ2) is 15.8. The van der Waals surface area contributed by atoms with Gasteiger partial charge in [0.1, 0.15) is 17.6 Å². The van der Waals surface area contributed by atoms with Crippen LogP contribution in [0.2, 0.25) is 0 Å². The Balaban J connectivity index is 1.63. The second-order valence-electron chi connectivity index (χ2n) is 12.5. The van der Waals surface area contributed by atoms with Crippen molar-refractivity contribution >= 4 is 34.9 Å². The lowest BCUT2D eigenvalue weighted by molar-refractivity contribution is -0.169. The van der Waals surface area contributed by atoms with Crippen LogP contribution in [0.1, 0.15) is 58.9 Å². The number of allylic oxidation sites excluding steroid dienone is 3. The maximum absolute atomic E-state index is 13.8. The lowest BCUT2D eigenvalue weighted by Gasteiger charge is -2.34. The summed E-state index contributed by atoms with van der Waals surface area (Å²) in [5.41, 5.74) is 4.77. The summed E-state index contributed by atoms with van der Waals surface area (Å²) in [7, 11) is 4.18. The van der Waals surface area contributed by atoms with Crippen molar-refractivity contribution in [1.29, 1.82) is 0 Å². The second-order valence-corrected chi connectivity index (χ2v) is 12.5. The normalized spacial score (nSPS) is 15.1. The van der Waals surface area contributed by atoms with E-state index < -0.39 is 23.5 Å². The molecule has 0 saturated carbocycles. The molecule has 5 aromatic rings. The lowest BCUT2D eigenvalue weighted by Crippen LogP contribution is -2.45. The van der Waals surface area contributed by atoms with Crippen LogP contribution in [0.4, 0.5) is 0 Å². The first-order valence-electron chi connectivity index (χ1n) is 16.9. The molecule has 0 N–H and O–H groups in total. The van der Waals surface area contributed by atoms with Gasteiger partial charge in [-0.15, -0.1) is 0 Å². The van der Waals surface area contributed by atoms with Crippen LogP contribution in [0.5, 0.6) is 0 Å². The third-order valence-electron chi connectivity index (χ3n) is 9.42. The largest absolute Gasteiger partial charge is 0.468 e. The zero-order valence-corrected chi connectivity index (χ0v) is 29.0. The molecule has 1 atom stereocenters. The Kier molecular flexibility index (Phi) is 10.9. The highest BCUT2D eigenvalue weighted by molar-refractivity contribution is 6.07. The summed E-state index contributed by atoms with van der Waals surface area (Å²) in [6.07, 6.45) is 3.21. The van der Waals surface area contributed by atoms with Gasteiger partial charge >= 0.3 is 11.9 Å². The number of carbonyl (C=O) groups excluding carboxylic acids is 3. The molecule has 1 aliphatic carbocycles. The van der Waals surface area contributed by atoms with Crippen molar-refractivity contribution < 1.29 is 33.0 Å². The molecular weight excluding hydrogens is 640 g/mol.